The molecule has 0 spiro atoms. The van der Waals surface area contributed by atoms with Crippen molar-refractivity contribution in [3.8, 4) is 0 Å². The molecule has 2 aromatic heterocycles. The van der Waals surface area contributed by atoms with E-state index >= 15 is 0 Å². The molecule has 1 aliphatic carbocycles. The van der Waals surface area contributed by atoms with Gasteiger partial charge in [0.05, 0.1) is 16.6 Å². The summed E-state index contributed by atoms with van der Waals surface area (Å²) in [6, 6.07) is 3.62. The molecule has 0 amide bonds. The second-order valence-corrected chi connectivity index (χ2v) is 7.93. The zero-order chi connectivity index (χ0) is 20.9. The van der Waals surface area contributed by atoms with Crippen LogP contribution >= 0.6 is 0 Å². The largest absolute Gasteiger partial charge is 0.454 e. The highest BCUT2D eigenvalue weighted by molar-refractivity contribution is 6.05. The van der Waals surface area contributed by atoms with Crippen molar-refractivity contribution in [2.24, 2.45) is 0 Å². The molecule has 0 atom stereocenters. The number of hydrogen-bond acceptors (Lipinski definition) is 6. The summed E-state index contributed by atoms with van der Waals surface area (Å²) in [6.07, 6.45) is 2.09. The molecule has 1 saturated carbocycles. The monoisotopic (exact) mass is 392 g/mol. The lowest BCUT2D eigenvalue weighted by Crippen LogP contribution is -2.17. The van der Waals surface area contributed by atoms with Crippen LogP contribution in [0.3, 0.4) is 0 Å². The Balaban J connectivity index is 1.59. The van der Waals surface area contributed by atoms with Gasteiger partial charge in [-0.3, -0.25) is 4.79 Å². The van der Waals surface area contributed by atoms with Gasteiger partial charge in [0.1, 0.15) is 0 Å². The molecule has 0 saturated heterocycles. The summed E-state index contributed by atoms with van der Waals surface area (Å²) >= 11 is 0. The number of fused-ring (bicyclic) bond motifs is 1. The first kappa shape index (κ1) is 19.3. The van der Waals surface area contributed by atoms with Gasteiger partial charge in [0.25, 0.3) is 5.71 Å². The molecule has 150 valence electrons. The summed E-state index contributed by atoms with van der Waals surface area (Å²) in [5.74, 6) is -0.423. The van der Waals surface area contributed by atoms with E-state index in [4.69, 9.17) is 9.26 Å². The summed E-state index contributed by atoms with van der Waals surface area (Å²) in [5.41, 5.74) is 6.91. The van der Waals surface area contributed by atoms with Crippen LogP contribution in [0, 0.1) is 34.6 Å². The molecular weight excluding hydrogens is 368 g/mol. The van der Waals surface area contributed by atoms with Crippen molar-refractivity contribution in [2.45, 2.75) is 53.4 Å². The molecule has 1 fully saturated rings. The maximum absolute atomic E-state index is 12.8. The van der Waals surface area contributed by atoms with E-state index in [-0.39, 0.29) is 12.4 Å². The third-order valence-electron chi connectivity index (χ3n) is 5.97. The quantitative estimate of drug-likeness (QED) is 0.463. The van der Waals surface area contributed by atoms with Gasteiger partial charge in [-0.2, -0.15) is 0 Å². The van der Waals surface area contributed by atoms with Gasteiger partial charge in [-0.05, 0) is 81.8 Å². The number of aryl methyl sites for hydroxylation is 2. The molecule has 1 aromatic carbocycles. The predicted octanol–water partition coefficient (Wildman–Crippen LogP) is 4.68. The first-order valence-corrected chi connectivity index (χ1v) is 9.82. The Kier molecular flexibility index (Phi) is 4.73. The van der Waals surface area contributed by atoms with E-state index in [2.05, 4.69) is 10.1 Å². The number of Topliss-reactive ketones (excluding diaryl/α,β-unsaturated/α-hetero) is 1. The Morgan fingerprint density at radius 1 is 1.03 bits per heavy atom. The second-order valence-electron chi connectivity index (χ2n) is 7.93. The van der Waals surface area contributed by atoms with Crippen LogP contribution in [0.15, 0.2) is 16.7 Å². The third kappa shape index (κ3) is 3.43. The van der Waals surface area contributed by atoms with E-state index in [0.29, 0.717) is 33.8 Å². The van der Waals surface area contributed by atoms with Crippen LogP contribution in [0.4, 0.5) is 0 Å². The third-order valence-corrected chi connectivity index (χ3v) is 5.97. The van der Waals surface area contributed by atoms with Crippen LogP contribution < -0.4 is 0 Å². The SMILES string of the molecule is Cc1cc(C(=O)COC(=O)c2cc(C3CC3)nc3onc(C)c23)c(C)c(C)c1C. The van der Waals surface area contributed by atoms with Crippen LogP contribution in [0.1, 0.15) is 73.1 Å². The number of aromatic nitrogens is 2. The fourth-order valence-electron chi connectivity index (χ4n) is 3.65. The second kappa shape index (κ2) is 7.10. The number of pyridine rings is 1. The summed E-state index contributed by atoms with van der Waals surface area (Å²) < 4.78 is 10.7. The Morgan fingerprint density at radius 3 is 2.45 bits per heavy atom. The minimum atomic E-state index is -0.558. The van der Waals surface area contributed by atoms with E-state index in [1.165, 1.54) is 5.56 Å². The van der Waals surface area contributed by atoms with Gasteiger partial charge in [0.15, 0.2) is 6.61 Å². The van der Waals surface area contributed by atoms with E-state index in [1.54, 1.807) is 13.0 Å². The molecule has 2 heterocycles. The minimum absolute atomic E-state index is 0.211. The Hall–Kier alpha value is -3.02. The number of nitrogens with zero attached hydrogens (tertiary/aromatic N) is 2. The number of hydrogen-bond donors (Lipinski definition) is 0. The number of rotatable bonds is 5. The zero-order valence-electron chi connectivity index (χ0n) is 17.4. The van der Waals surface area contributed by atoms with Gasteiger partial charge in [0.2, 0.25) is 5.78 Å². The lowest BCUT2D eigenvalue weighted by molar-refractivity contribution is 0.0476. The van der Waals surface area contributed by atoms with Crippen molar-refractivity contribution in [1.82, 2.24) is 10.1 Å². The number of carbonyl (C=O) groups excluding carboxylic acids is 2. The molecule has 4 rings (SSSR count). The highest BCUT2D eigenvalue weighted by Gasteiger charge is 2.29. The van der Waals surface area contributed by atoms with Crippen LogP contribution in [0.25, 0.3) is 11.1 Å². The van der Waals surface area contributed by atoms with Gasteiger partial charge in [-0.25, -0.2) is 9.78 Å². The summed E-state index contributed by atoms with van der Waals surface area (Å²) in [4.78, 5) is 30.1. The molecule has 29 heavy (non-hydrogen) atoms. The van der Waals surface area contributed by atoms with E-state index < -0.39 is 5.97 Å². The number of ketones is 1. The van der Waals surface area contributed by atoms with Crippen LogP contribution in [0.2, 0.25) is 0 Å². The normalized spacial score (nSPS) is 13.7. The van der Waals surface area contributed by atoms with Gasteiger partial charge in [0, 0.05) is 17.2 Å². The number of benzene rings is 1. The minimum Gasteiger partial charge on any atom is -0.454 e. The van der Waals surface area contributed by atoms with Crippen LogP contribution in [0.5, 0.6) is 0 Å². The van der Waals surface area contributed by atoms with Crippen LogP contribution in [-0.2, 0) is 4.74 Å². The molecule has 6 heteroatoms. The standard InChI is InChI=1S/C23H24N2O4/c1-11-8-17(14(4)13(3)12(11)2)20(26)10-28-23(27)18-9-19(16-6-7-16)24-22-21(18)15(5)25-29-22/h8-9,16H,6-7,10H2,1-5H3. The highest BCUT2D eigenvalue weighted by Crippen LogP contribution is 2.40. The number of ether oxygens (including phenoxy) is 1. The van der Waals surface area contributed by atoms with Gasteiger partial charge in [-0.1, -0.05) is 5.16 Å². The van der Waals surface area contributed by atoms with Crippen molar-refractivity contribution >= 4 is 22.9 Å². The van der Waals surface area contributed by atoms with Crippen molar-refractivity contribution < 1.29 is 18.8 Å². The Bertz CT molecular complexity index is 1160. The average Bonchev–Trinajstić information content (AvgIpc) is 3.49. The first-order chi connectivity index (χ1) is 13.8. The molecule has 0 radical (unpaired) electrons. The molecule has 0 unspecified atom stereocenters. The fourth-order valence-corrected chi connectivity index (χ4v) is 3.65. The predicted molar refractivity (Wildman–Crippen MR) is 109 cm³/mol. The molecule has 6 nitrogen and oxygen atoms in total. The molecule has 0 aliphatic heterocycles. The fraction of sp³-hybridized carbons (Fsp3) is 0.391. The molecule has 0 N–H and O–H groups in total. The molecule has 3 aromatic rings. The zero-order valence-corrected chi connectivity index (χ0v) is 17.4. The smallest absolute Gasteiger partial charge is 0.339 e. The van der Waals surface area contributed by atoms with Crippen molar-refractivity contribution in [1.29, 1.82) is 0 Å². The number of esters is 1. The van der Waals surface area contributed by atoms with Crippen molar-refractivity contribution in [3.05, 3.63) is 56.9 Å². The number of carbonyl (C=O) groups is 2. The lowest BCUT2D eigenvalue weighted by Gasteiger charge is -2.14. The van der Waals surface area contributed by atoms with E-state index in [9.17, 15) is 9.59 Å². The maximum Gasteiger partial charge on any atom is 0.339 e. The molecule has 0 bridgehead atoms. The first-order valence-electron chi connectivity index (χ1n) is 9.82. The van der Waals surface area contributed by atoms with E-state index in [1.807, 2.05) is 33.8 Å². The molecular formula is C23H24N2O4. The van der Waals surface area contributed by atoms with Gasteiger partial charge >= 0.3 is 5.97 Å². The highest BCUT2D eigenvalue weighted by atomic mass is 16.5. The van der Waals surface area contributed by atoms with Crippen molar-refractivity contribution in [2.75, 3.05) is 6.61 Å². The van der Waals surface area contributed by atoms with Crippen molar-refractivity contribution in [3.63, 3.8) is 0 Å². The summed E-state index contributed by atoms with van der Waals surface area (Å²) in [6.45, 7) is 9.39. The summed E-state index contributed by atoms with van der Waals surface area (Å²) in [7, 11) is 0. The Morgan fingerprint density at radius 2 is 1.76 bits per heavy atom. The topological polar surface area (TPSA) is 82.3 Å². The van der Waals surface area contributed by atoms with Gasteiger partial charge < -0.3 is 9.26 Å². The van der Waals surface area contributed by atoms with Crippen LogP contribution in [-0.4, -0.2) is 28.5 Å². The lowest BCUT2D eigenvalue weighted by atomic mass is 9.93. The average molecular weight is 392 g/mol. The molecule has 1 aliphatic rings. The maximum atomic E-state index is 12.8. The van der Waals surface area contributed by atoms with Gasteiger partial charge in [-0.15, -0.1) is 0 Å². The van der Waals surface area contributed by atoms with E-state index in [0.717, 1.165) is 35.2 Å². The summed E-state index contributed by atoms with van der Waals surface area (Å²) in [5, 5.41) is 4.48. The Labute approximate surface area is 169 Å².